The molecular weight excluding hydrogens is 397 g/mol. The van der Waals surface area contributed by atoms with Crippen molar-refractivity contribution in [2.75, 3.05) is 4.90 Å². The van der Waals surface area contributed by atoms with Crippen molar-refractivity contribution in [3.8, 4) is 0 Å². The first-order chi connectivity index (χ1) is 10.4. The molecule has 1 aliphatic rings. The Balaban J connectivity index is 0.00000192. The molecule has 0 saturated heterocycles. The number of nitrogens with one attached hydrogen (secondary N) is 1. The Morgan fingerprint density at radius 2 is 1.78 bits per heavy atom. The third-order valence-corrected chi connectivity index (χ3v) is 4.98. The molecule has 4 heteroatoms. The predicted molar refractivity (Wildman–Crippen MR) is 91.7 cm³/mol. The highest BCUT2D eigenvalue weighted by atomic mass is 127. The van der Waals surface area contributed by atoms with Gasteiger partial charge in [0.2, 0.25) is 0 Å². The lowest BCUT2D eigenvalue weighted by Crippen LogP contribution is -3.17. The van der Waals surface area contributed by atoms with Gasteiger partial charge in [0.15, 0.2) is 6.17 Å². The lowest BCUT2D eigenvalue weighted by Gasteiger charge is -2.36. The van der Waals surface area contributed by atoms with Gasteiger partial charge in [-0.3, -0.25) is 9.80 Å². The van der Waals surface area contributed by atoms with Gasteiger partial charge in [0.05, 0.1) is 11.9 Å². The summed E-state index contributed by atoms with van der Waals surface area (Å²) in [6.45, 7) is 9.11. The molecule has 124 valence electrons. The van der Waals surface area contributed by atoms with Crippen molar-refractivity contribution in [3.05, 3.63) is 66.3 Å². The molecule has 0 saturated carbocycles. The van der Waals surface area contributed by atoms with Gasteiger partial charge < -0.3 is 28.5 Å². The van der Waals surface area contributed by atoms with Gasteiger partial charge in [0.1, 0.15) is 11.7 Å². The Kier molecular flexibility index (Phi) is 5.26. The third-order valence-electron chi connectivity index (χ3n) is 4.98. The number of aromatic nitrogens is 1. The van der Waals surface area contributed by atoms with Crippen molar-refractivity contribution in [1.82, 2.24) is 4.57 Å². The van der Waals surface area contributed by atoms with Crippen LogP contribution in [0.3, 0.4) is 0 Å². The summed E-state index contributed by atoms with van der Waals surface area (Å²) in [4.78, 5) is 3.84. The summed E-state index contributed by atoms with van der Waals surface area (Å²) in [6, 6.07) is 12.9. The van der Waals surface area contributed by atoms with E-state index in [4.69, 9.17) is 0 Å². The van der Waals surface area contributed by atoms with E-state index in [1.165, 1.54) is 21.8 Å². The molecule has 0 aliphatic carbocycles. The number of anilines is 1. The molecule has 2 aromatic rings. The fourth-order valence-corrected chi connectivity index (χ4v) is 3.71. The quantitative estimate of drug-likeness (QED) is 0.675. The number of para-hydroxylation sites is 1. The first-order valence-corrected chi connectivity index (χ1v) is 7.94. The zero-order chi connectivity index (χ0) is 15.9. The molecular formula is C19H26IN3. The molecule has 3 nitrogen and oxygen atoms in total. The third kappa shape index (κ3) is 3.06. The second kappa shape index (κ2) is 6.69. The maximum Gasteiger partial charge on any atom is 0.169 e. The minimum absolute atomic E-state index is 0. The minimum atomic E-state index is 0. The molecule has 0 radical (unpaired) electrons. The summed E-state index contributed by atoms with van der Waals surface area (Å²) < 4.78 is 2.23. The average Bonchev–Trinajstić information content (AvgIpc) is 3.06. The average molecular weight is 423 g/mol. The maximum absolute atomic E-state index is 2.38. The van der Waals surface area contributed by atoms with E-state index in [0.717, 1.165) is 0 Å². The van der Waals surface area contributed by atoms with E-state index < -0.39 is 0 Å². The molecule has 1 aromatic heterocycles. The number of hydrogen-bond acceptors (Lipinski definition) is 1. The molecule has 1 aromatic carbocycles. The lowest BCUT2D eigenvalue weighted by molar-refractivity contribution is -0.925. The molecule has 2 heterocycles. The topological polar surface area (TPSA) is 12.6 Å². The summed E-state index contributed by atoms with van der Waals surface area (Å²) in [5.41, 5.74) is 3.98. The van der Waals surface area contributed by atoms with Crippen LogP contribution in [-0.2, 0) is 12.6 Å². The Hall–Kier alpha value is -1.27. The number of quaternary nitrogens is 1. The Morgan fingerprint density at radius 3 is 2.39 bits per heavy atom. The van der Waals surface area contributed by atoms with Crippen molar-refractivity contribution in [3.63, 3.8) is 0 Å². The highest BCUT2D eigenvalue weighted by Gasteiger charge is 2.42. The van der Waals surface area contributed by atoms with Crippen molar-refractivity contribution in [2.24, 2.45) is 7.05 Å². The van der Waals surface area contributed by atoms with Crippen LogP contribution in [0.5, 0.6) is 0 Å². The largest absolute Gasteiger partial charge is 1.00 e. The van der Waals surface area contributed by atoms with Gasteiger partial charge in [-0.15, -0.1) is 0 Å². The van der Waals surface area contributed by atoms with Gasteiger partial charge >= 0.3 is 0 Å². The highest BCUT2D eigenvalue weighted by molar-refractivity contribution is 5.56. The van der Waals surface area contributed by atoms with Crippen LogP contribution in [0.25, 0.3) is 0 Å². The molecule has 1 N–H and O–H groups in total. The van der Waals surface area contributed by atoms with Crippen molar-refractivity contribution in [2.45, 2.75) is 39.4 Å². The normalized spacial score (nSPS) is 20.7. The second-order valence-electron chi connectivity index (χ2n) is 6.77. The van der Waals surface area contributed by atoms with Gasteiger partial charge in [-0.05, 0) is 44.5 Å². The van der Waals surface area contributed by atoms with E-state index in [9.17, 15) is 0 Å². The van der Waals surface area contributed by atoms with Gasteiger partial charge in [-0.1, -0.05) is 18.2 Å². The molecule has 1 unspecified atom stereocenters. The summed E-state index contributed by atoms with van der Waals surface area (Å²) in [6.07, 6.45) is 7.02. The van der Waals surface area contributed by atoms with Crippen LogP contribution in [0, 0.1) is 6.92 Å². The smallest absolute Gasteiger partial charge is 0.169 e. The van der Waals surface area contributed by atoms with Crippen molar-refractivity contribution < 1.29 is 28.9 Å². The summed E-state index contributed by atoms with van der Waals surface area (Å²) in [5, 5.41) is 0. The number of halogens is 1. The van der Waals surface area contributed by atoms with Gasteiger partial charge in [0.25, 0.3) is 0 Å². The van der Waals surface area contributed by atoms with Gasteiger partial charge in [-0.25, -0.2) is 0 Å². The maximum atomic E-state index is 2.38. The van der Waals surface area contributed by atoms with E-state index in [2.05, 4.69) is 99.2 Å². The number of rotatable bonds is 3. The second-order valence-corrected chi connectivity index (χ2v) is 6.77. The van der Waals surface area contributed by atoms with Crippen LogP contribution in [0.1, 0.15) is 32.0 Å². The van der Waals surface area contributed by atoms with Crippen molar-refractivity contribution in [1.29, 1.82) is 0 Å². The molecule has 1 aliphatic heterocycles. The standard InChI is InChI=1S/C19H25N3.HI/c1-15-9-6-7-10-17(15)21-13-14-22(16(21)2)19(3,4)18-11-8-12-20(18)5;/h6-14,16H,1-5H3;1H/t16-;/m1./s1. The van der Waals surface area contributed by atoms with Crippen LogP contribution < -0.4 is 33.8 Å². The molecule has 2 atom stereocenters. The number of aryl methyl sites for hydroxylation is 2. The minimum Gasteiger partial charge on any atom is -1.00 e. The molecule has 3 rings (SSSR count). The first kappa shape index (κ1) is 18.1. The van der Waals surface area contributed by atoms with Crippen LogP contribution in [0.15, 0.2) is 55.0 Å². The number of hydrogen-bond donors (Lipinski definition) is 1. The fourth-order valence-electron chi connectivity index (χ4n) is 3.71. The molecule has 0 bridgehead atoms. The van der Waals surface area contributed by atoms with Crippen LogP contribution in [-0.4, -0.2) is 10.7 Å². The molecule has 0 spiro atoms. The number of nitrogens with zero attached hydrogens (tertiary/aromatic N) is 2. The summed E-state index contributed by atoms with van der Waals surface area (Å²) >= 11 is 0. The SMILES string of the molecule is Cc1ccccc1N1C=C[NH+](C(C)(C)c2cccn2C)[C@@H]1C.[I-]. The van der Waals surface area contributed by atoms with E-state index in [1.54, 1.807) is 0 Å². The highest BCUT2D eigenvalue weighted by Crippen LogP contribution is 2.25. The monoisotopic (exact) mass is 423 g/mol. The lowest BCUT2D eigenvalue weighted by atomic mass is 9.98. The van der Waals surface area contributed by atoms with E-state index >= 15 is 0 Å². The Labute approximate surface area is 156 Å². The Bertz CT molecular complexity index is 702. The fraction of sp³-hybridized carbons (Fsp3) is 0.368. The molecule has 0 amide bonds. The zero-order valence-corrected chi connectivity index (χ0v) is 16.7. The predicted octanol–water partition coefficient (Wildman–Crippen LogP) is -0.205. The first-order valence-electron chi connectivity index (χ1n) is 7.94. The van der Waals surface area contributed by atoms with Gasteiger partial charge in [-0.2, -0.15) is 0 Å². The summed E-state index contributed by atoms with van der Waals surface area (Å²) in [5.74, 6) is 0. The van der Waals surface area contributed by atoms with E-state index in [1.807, 2.05) is 0 Å². The Morgan fingerprint density at radius 1 is 1.09 bits per heavy atom. The molecule has 0 fully saturated rings. The van der Waals surface area contributed by atoms with E-state index in [0.29, 0.717) is 6.17 Å². The van der Waals surface area contributed by atoms with Crippen molar-refractivity contribution >= 4 is 5.69 Å². The van der Waals surface area contributed by atoms with Crippen LogP contribution >= 0.6 is 0 Å². The van der Waals surface area contributed by atoms with E-state index in [-0.39, 0.29) is 29.5 Å². The summed E-state index contributed by atoms with van der Waals surface area (Å²) in [7, 11) is 2.13. The molecule has 23 heavy (non-hydrogen) atoms. The number of benzene rings is 1. The zero-order valence-electron chi connectivity index (χ0n) is 14.5. The van der Waals surface area contributed by atoms with Crippen LogP contribution in [0.4, 0.5) is 5.69 Å². The van der Waals surface area contributed by atoms with Gasteiger partial charge in [0, 0.05) is 25.9 Å². The van der Waals surface area contributed by atoms with Crippen LogP contribution in [0.2, 0.25) is 0 Å².